The number of aliphatic hydroxyl groups is 1. The van der Waals surface area contributed by atoms with E-state index >= 15 is 0 Å². The van der Waals surface area contributed by atoms with Crippen LogP contribution in [0.4, 0.5) is 0 Å². The summed E-state index contributed by atoms with van der Waals surface area (Å²) in [5, 5.41) is 14.7. The van der Waals surface area contributed by atoms with Crippen LogP contribution in [0.5, 0.6) is 0 Å². The van der Waals surface area contributed by atoms with Crippen molar-refractivity contribution in [2.24, 2.45) is 5.41 Å². The summed E-state index contributed by atoms with van der Waals surface area (Å²) in [5.41, 5.74) is 0.853. The van der Waals surface area contributed by atoms with Crippen LogP contribution in [-0.2, 0) is 5.60 Å². The SMILES string of the molecule is CC1(C)CCCC(O)(c2ccsc2)C1. The molecule has 1 nitrogen and oxygen atoms in total. The molecule has 0 aliphatic heterocycles. The van der Waals surface area contributed by atoms with Crippen molar-refractivity contribution in [2.75, 3.05) is 0 Å². The van der Waals surface area contributed by atoms with E-state index in [1.54, 1.807) is 11.3 Å². The van der Waals surface area contributed by atoms with Crippen LogP contribution < -0.4 is 0 Å². The van der Waals surface area contributed by atoms with Gasteiger partial charge in [-0.1, -0.05) is 13.8 Å². The summed E-state index contributed by atoms with van der Waals surface area (Å²) < 4.78 is 0. The fourth-order valence-corrected chi connectivity index (χ4v) is 3.35. The van der Waals surface area contributed by atoms with E-state index in [0.29, 0.717) is 0 Å². The Morgan fingerprint density at radius 3 is 2.71 bits per heavy atom. The van der Waals surface area contributed by atoms with Gasteiger partial charge in [-0.3, -0.25) is 0 Å². The van der Waals surface area contributed by atoms with E-state index in [4.69, 9.17) is 0 Å². The molecule has 0 amide bonds. The number of rotatable bonds is 1. The van der Waals surface area contributed by atoms with Crippen LogP contribution in [0.3, 0.4) is 0 Å². The lowest BCUT2D eigenvalue weighted by Gasteiger charge is -2.41. The second-order valence-corrected chi connectivity index (χ2v) is 6.02. The van der Waals surface area contributed by atoms with Gasteiger partial charge in [0.1, 0.15) is 0 Å². The Morgan fingerprint density at radius 1 is 1.36 bits per heavy atom. The molecular formula is C12H18OS. The molecular weight excluding hydrogens is 192 g/mol. The van der Waals surface area contributed by atoms with E-state index in [-0.39, 0.29) is 5.41 Å². The highest BCUT2D eigenvalue weighted by atomic mass is 32.1. The minimum absolute atomic E-state index is 0.287. The monoisotopic (exact) mass is 210 g/mol. The average Bonchev–Trinajstić information content (AvgIpc) is 2.52. The normalized spacial score (nSPS) is 31.6. The third-order valence-electron chi connectivity index (χ3n) is 3.27. The van der Waals surface area contributed by atoms with Crippen molar-refractivity contribution in [3.63, 3.8) is 0 Å². The molecule has 1 aromatic rings. The first-order chi connectivity index (χ1) is 6.52. The van der Waals surface area contributed by atoms with E-state index < -0.39 is 5.60 Å². The van der Waals surface area contributed by atoms with Gasteiger partial charge < -0.3 is 5.11 Å². The van der Waals surface area contributed by atoms with Crippen molar-refractivity contribution in [3.8, 4) is 0 Å². The molecule has 1 fully saturated rings. The summed E-state index contributed by atoms with van der Waals surface area (Å²) in [4.78, 5) is 0. The molecule has 1 N–H and O–H groups in total. The van der Waals surface area contributed by atoms with Crippen molar-refractivity contribution in [1.29, 1.82) is 0 Å². The first kappa shape index (κ1) is 10.2. The second kappa shape index (κ2) is 3.35. The van der Waals surface area contributed by atoms with Crippen LogP contribution in [0.1, 0.15) is 45.1 Å². The zero-order chi connectivity index (χ0) is 10.2. The van der Waals surface area contributed by atoms with Gasteiger partial charge in [-0.05, 0) is 53.5 Å². The van der Waals surface area contributed by atoms with Gasteiger partial charge >= 0.3 is 0 Å². The first-order valence-electron chi connectivity index (χ1n) is 5.27. The van der Waals surface area contributed by atoms with Crippen molar-refractivity contribution in [3.05, 3.63) is 22.4 Å². The largest absolute Gasteiger partial charge is 0.385 e. The standard InChI is InChI=1S/C12H18OS/c1-11(2)5-3-6-12(13,9-11)10-4-7-14-8-10/h4,7-8,13H,3,5-6,9H2,1-2H3. The maximum absolute atomic E-state index is 10.6. The summed E-state index contributed by atoms with van der Waals surface area (Å²) in [7, 11) is 0. The lowest BCUT2D eigenvalue weighted by atomic mass is 9.68. The van der Waals surface area contributed by atoms with Crippen molar-refractivity contribution in [1.82, 2.24) is 0 Å². The molecule has 0 saturated heterocycles. The Kier molecular flexibility index (Phi) is 2.44. The van der Waals surface area contributed by atoms with Gasteiger partial charge in [0.15, 0.2) is 0 Å². The first-order valence-corrected chi connectivity index (χ1v) is 6.21. The fraction of sp³-hybridized carbons (Fsp3) is 0.667. The van der Waals surface area contributed by atoms with Crippen LogP contribution >= 0.6 is 11.3 Å². The zero-order valence-electron chi connectivity index (χ0n) is 8.92. The highest BCUT2D eigenvalue weighted by molar-refractivity contribution is 7.08. The third kappa shape index (κ3) is 1.86. The van der Waals surface area contributed by atoms with Gasteiger partial charge in [-0.25, -0.2) is 0 Å². The van der Waals surface area contributed by atoms with Crippen LogP contribution in [0.25, 0.3) is 0 Å². The van der Waals surface area contributed by atoms with Gasteiger partial charge in [0, 0.05) is 0 Å². The lowest BCUT2D eigenvalue weighted by Crippen LogP contribution is -2.36. The highest BCUT2D eigenvalue weighted by Crippen LogP contribution is 2.46. The Balaban J connectivity index is 2.24. The molecule has 1 aliphatic rings. The quantitative estimate of drug-likeness (QED) is 0.751. The number of hydrogen-bond donors (Lipinski definition) is 1. The van der Waals surface area contributed by atoms with E-state index in [9.17, 15) is 5.11 Å². The van der Waals surface area contributed by atoms with Crippen LogP contribution in [-0.4, -0.2) is 5.11 Å². The maximum Gasteiger partial charge on any atom is 0.0909 e. The molecule has 14 heavy (non-hydrogen) atoms. The Morgan fingerprint density at radius 2 is 2.14 bits per heavy atom. The van der Waals surface area contributed by atoms with Gasteiger partial charge in [-0.15, -0.1) is 0 Å². The predicted octanol–water partition coefficient (Wildman–Crippen LogP) is 3.54. The molecule has 1 aliphatic carbocycles. The summed E-state index contributed by atoms with van der Waals surface area (Å²) in [6.07, 6.45) is 4.20. The molecule has 1 aromatic heterocycles. The molecule has 1 heterocycles. The topological polar surface area (TPSA) is 20.2 Å². The molecule has 0 radical (unpaired) electrons. The van der Waals surface area contributed by atoms with Crippen molar-refractivity contribution in [2.45, 2.75) is 45.1 Å². The molecule has 1 saturated carbocycles. The smallest absolute Gasteiger partial charge is 0.0909 e. The van der Waals surface area contributed by atoms with Crippen LogP contribution in [0.2, 0.25) is 0 Å². The summed E-state index contributed by atoms with van der Waals surface area (Å²) in [6.45, 7) is 4.51. The predicted molar refractivity (Wildman–Crippen MR) is 60.5 cm³/mol. The molecule has 1 atom stereocenters. The Labute approximate surface area is 89.8 Å². The fourth-order valence-electron chi connectivity index (χ4n) is 2.60. The van der Waals surface area contributed by atoms with Crippen molar-refractivity contribution < 1.29 is 5.11 Å². The van der Waals surface area contributed by atoms with E-state index in [1.165, 1.54) is 6.42 Å². The molecule has 0 aromatic carbocycles. The summed E-state index contributed by atoms with van der Waals surface area (Å²) in [5.74, 6) is 0. The minimum atomic E-state index is -0.554. The zero-order valence-corrected chi connectivity index (χ0v) is 9.73. The summed E-state index contributed by atoms with van der Waals surface area (Å²) >= 11 is 1.67. The molecule has 0 spiro atoms. The number of hydrogen-bond acceptors (Lipinski definition) is 2. The molecule has 2 rings (SSSR count). The van der Waals surface area contributed by atoms with Crippen LogP contribution in [0, 0.1) is 5.41 Å². The van der Waals surface area contributed by atoms with E-state index in [1.807, 2.05) is 0 Å². The van der Waals surface area contributed by atoms with Crippen LogP contribution in [0.15, 0.2) is 16.8 Å². The highest BCUT2D eigenvalue weighted by Gasteiger charge is 2.39. The van der Waals surface area contributed by atoms with E-state index in [0.717, 1.165) is 24.8 Å². The van der Waals surface area contributed by atoms with Gasteiger partial charge in [0.25, 0.3) is 0 Å². The lowest BCUT2D eigenvalue weighted by molar-refractivity contribution is -0.0437. The summed E-state index contributed by atoms with van der Waals surface area (Å²) in [6, 6.07) is 2.06. The van der Waals surface area contributed by atoms with Gasteiger partial charge in [0.2, 0.25) is 0 Å². The van der Waals surface area contributed by atoms with Gasteiger partial charge in [0.05, 0.1) is 5.60 Å². The molecule has 2 heteroatoms. The molecule has 78 valence electrons. The minimum Gasteiger partial charge on any atom is -0.385 e. The average molecular weight is 210 g/mol. The maximum atomic E-state index is 10.6. The number of thiophene rings is 1. The third-order valence-corrected chi connectivity index (χ3v) is 3.96. The van der Waals surface area contributed by atoms with E-state index in [2.05, 4.69) is 30.7 Å². The second-order valence-electron chi connectivity index (χ2n) is 5.24. The Bertz CT molecular complexity index is 302. The Hall–Kier alpha value is -0.340. The van der Waals surface area contributed by atoms with Gasteiger partial charge in [-0.2, -0.15) is 11.3 Å². The molecule has 1 unspecified atom stereocenters. The molecule has 0 bridgehead atoms. The van der Waals surface area contributed by atoms with Crippen molar-refractivity contribution >= 4 is 11.3 Å².